The Kier molecular flexibility index (Phi) is 3.49. The van der Waals surface area contributed by atoms with Gasteiger partial charge in [0.2, 0.25) is 0 Å². The summed E-state index contributed by atoms with van der Waals surface area (Å²) in [6.07, 6.45) is 0. The smallest absolute Gasteiger partial charge is 0.272 e. The van der Waals surface area contributed by atoms with Gasteiger partial charge in [-0.2, -0.15) is 4.98 Å². The van der Waals surface area contributed by atoms with Crippen LogP contribution in [0, 0.1) is 15.9 Å². The van der Waals surface area contributed by atoms with Crippen LogP contribution in [0.3, 0.4) is 0 Å². The summed E-state index contributed by atoms with van der Waals surface area (Å²) in [7, 11) is 0. The van der Waals surface area contributed by atoms with Crippen molar-refractivity contribution in [1.82, 2.24) is 10.1 Å². The lowest BCUT2D eigenvalue weighted by atomic mass is 10.2. The molecule has 2 aromatic rings. The number of halogens is 1. The lowest BCUT2D eigenvalue weighted by Gasteiger charge is -1.99. The molecule has 0 spiro atoms. The number of aromatic nitrogens is 2. The van der Waals surface area contributed by atoms with Gasteiger partial charge >= 0.3 is 0 Å². The van der Waals surface area contributed by atoms with E-state index in [1.807, 2.05) is 0 Å². The summed E-state index contributed by atoms with van der Waals surface area (Å²) in [6, 6.07) is 2.20. The van der Waals surface area contributed by atoms with Gasteiger partial charge in [-0.3, -0.25) is 10.1 Å². The predicted molar refractivity (Wildman–Crippen MR) is 60.4 cm³/mol. The Balaban J connectivity index is 2.37. The summed E-state index contributed by atoms with van der Waals surface area (Å²) < 4.78 is 18.5. The number of nitrogens with two attached hydrogens (primary N) is 1. The Morgan fingerprint density at radius 3 is 2.89 bits per heavy atom. The van der Waals surface area contributed by atoms with Gasteiger partial charge in [0.25, 0.3) is 11.6 Å². The molecule has 0 radical (unpaired) electrons. The molecule has 1 atom stereocenters. The zero-order chi connectivity index (χ0) is 14.0. The second kappa shape index (κ2) is 5.08. The van der Waals surface area contributed by atoms with Crippen molar-refractivity contribution in [3.05, 3.63) is 40.0 Å². The monoisotopic (exact) mass is 268 g/mol. The second-order valence-electron chi connectivity index (χ2n) is 3.67. The molecule has 0 saturated carbocycles. The molecule has 0 bridgehead atoms. The maximum atomic E-state index is 13.7. The van der Waals surface area contributed by atoms with Crippen molar-refractivity contribution in [2.75, 3.05) is 6.61 Å². The Morgan fingerprint density at radius 1 is 1.58 bits per heavy atom. The van der Waals surface area contributed by atoms with Crippen LogP contribution in [-0.2, 0) is 0 Å². The topological polar surface area (TPSA) is 128 Å². The van der Waals surface area contributed by atoms with E-state index in [-0.39, 0.29) is 29.6 Å². The third-order valence-corrected chi connectivity index (χ3v) is 2.36. The highest BCUT2D eigenvalue weighted by molar-refractivity contribution is 5.56. The standard InChI is InChI=1S/C10H9FN4O4/c11-7-3-5(15(17)18)1-2-6(7)10-13-9(14-19-10)8(12)4-16/h1-3,8,16H,4,12H2. The van der Waals surface area contributed by atoms with Crippen molar-refractivity contribution in [2.45, 2.75) is 6.04 Å². The fourth-order valence-electron chi connectivity index (χ4n) is 1.37. The van der Waals surface area contributed by atoms with Gasteiger partial charge in [0.05, 0.1) is 29.2 Å². The Morgan fingerprint density at radius 2 is 2.32 bits per heavy atom. The average Bonchev–Trinajstić information content (AvgIpc) is 2.87. The lowest BCUT2D eigenvalue weighted by molar-refractivity contribution is -0.385. The molecule has 19 heavy (non-hydrogen) atoms. The Hall–Kier alpha value is -2.39. The molecular weight excluding hydrogens is 259 g/mol. The van der Waals surface area contributed by atoms with E-state index in [4.69, 9.17) is 15.4 Å². The third-order valence-electron chi connectivity index (χ3n) is 2.36. The van der Waals surface area contributed by atoms with Gasteiger partial charge < -0.3 is 15.4 Å². The first-order valence-corrected chi connectivity index (χ1v) is 5.17. The summed E-state index contributed by atoms with van der Waals surface area (Å²) in [5, 5.41) is 22.8. The van der Waals surface area contributed by atoms with Crippen molar-refractivity contribution in [3.63, 3.8) is 0 Å². The summed E-state index contributed by atoms with van der Waals surface area (Å²) in [5.41, 5.74) is 5.01. The summed E-state index contributed by atoms with van der Waals surface area (Å²) in [4.78, 5) is 13.6. The van der Waals surface area contributed by atoms with Gasteiger partial charge in [0, 0.05) is 6.07 Å². The number of aliphatic hydroxyl groups is 1. The van der Waals surface area contributed by atoms with Crippen molar-refractivity contribution < 1.29 is 18.9 Å². The highest BCUT2D eigenvalue weighted by Gasteiger charge is 2.19. The molecule has 8 nitrogen and oxygen atoms in total. The van der Waals surface area contributed by atoms with Crippen molar-refractivity contribution in [1.29, 1.82) is 0 Å². The molecule has 100 valence electrons. The molecule has 0 aliphatic carbocycles. The number of nitro benzene ring substituents is 1. The van der Waals surface area contributed by atoms with Crippen molar-refractivity contribution >= 4 is 5.69 Å². The molecule has 1 unspecified atom stereocenters. The van der Waals surface area contributed by atoms with Crippen LogP contribution < -0.4 is 5.73 Å². The van der Waals surface area contributed by atoms with E-state index < -0.39 is 16.8 Å². The minimum absolute atomic E-state index is 0.0234. The molecule has 1 aromatic carbocycles. The van der Waals surface area contributed by atoms with E-state index in [0.717, 1.165) is 18.2 Å². The van der Waals surface area contributed by atoms with Gasteiger partial charge in [-0.1, -0.05) is 5.16 Å². The van der Waals surface area contributed by atoms with E-state index in [1.165, 1.54) is 0 Å². The molecule has 1 aromatic heterocycles. The first-order valence-electron chi connectivity index (χ1n) is 5.17. The van der Waals surface area contributed by atoms with Gasteiger partial charge in [0.15, 0.2) is 5.82 Å². The van der Waals surface area contributed by atoms with Gasteiger partial charge in [0.1, 0.15) is 5.82 Å². The number of nitrogens with zero attached hydrogens (tertiary/aromatic N) is 3. The number of nitro groups is 1. The first-order chi connectivity index (χ1) is 9.02. The lowest BCUT2D eigenvalue weighted by Crippen LogP contribution is -2.15. The van der Waals surface area contributed by atoms with Crippen LogP contribution in [-0.4, -0.2) is 26.8 Å². The van der Waals surface area contributed by atoms with Gasteiger partial charge in [-0.25, -0.2) is 4.39 Å². The quantitative estimate of drug-likeness (QED) is 0.619. The van der Waals surface area contributed by atoms with E-state index in [0.29, 0.717) is 0 Å². The molecule has 0 amide bonds. The molecule has 0 aliphatic heterocycles. The molecule has 2 rings (SSSR count). The zero-order valence-corrected chi connectivity index (χ0v) is 9.49. The number of hydrogen-bond donors (Lipinski definition) is 2. The Bertz CT molecular complexity index is 615. The van der Waals surface area contributed by atoms with E-state index >= 15 is 0 Å². The van der Waals surface area contributed by atoms with Crippen LogP contribution in [0.5, 0.6) is 0 Å². The summed E-state index contributed by atoms with van der Waals surface area (Å²) in [6.45, 7) is -0.387. The molecular formula is C10H9FN4O4. The molecule has 0 aliphatic rings. The number of aliphatic hydroxyl groups excluding tert-OH is 1. The number of rotatable bonds is 4. The van der Waals surface area contributed by atoms with E-state index in [9.17, 15) is 14.5 Å². The molecule has 0 saturated heterocycles. The molecule has 3 N–H and O–H groups in total. The van der Waals surface area contributed by atoms with Crippen molar-refractivity contribution in [3.8, 4) is 11.5 Å². The second-order valence-corrected chi connectivity index (χ2v) is 3.67. The summed E-state index contributed by atoms with van der Waals surface area (Å²) in [5.74, 6) is -0.997. The third kappa shape index (κ3) is 2.56. The predicted octanol–water partition coefficient (Wildman–Crippen LogP) is 0.776. The van der Waals surface area contributed by atoms with E-state index in [1.54, 1.807) is 0 Å². The molecule has 0 fully saturated rings. The molecule has 1 heterocycles. The fraction of sp³-hybridized carbons (Fsp3) is 0.200. The number of non-ortho nitro benzene ring substituents is 1. The zero-order valence-electron chi connectivity index (χ0n) is 9.49. The van der Waals surface area contributed by atoms with Crippen LogP contribution in [0.25, 0.3) is 11.5 Å². The highest BCUT2D eigenvalue weighted by atomic mass is 19.1. The maximum absolute atomic E-state index is 13.7. The van der Waals surface area contributed by atoms with Crippen LogP contribution >= 0.6 is 0 Å². The highest BCUT2D eigenvalue weighted by Crippen LogP contribution is 2.25. The SMILES string of the molecule is NC(CO)c1noc(-c2ccc([N+](=O)[O-])cc2F)n1. The number of hydrogen-bond acceptors (Lipinski definition) is 7. The van der Waals surface area contributed by atoms with E-state index in [2.05, 4.69) is 10.1 Å². The first kappa shape index (κ1) is 13.1. The largest absolute Gasteiger partial charge is 0.394 e. The van der Waals surface area contributed by atoms with Gasteiger partial charge in [-0.15, -0.1) is 0 Å². The minimum atomic E-state index is -0.859. The Labute approximate surface area is 105 Å². The van der Waals surface area contributed by atoms with Crippen LogP contribution in [0.15, 0.2) is 22.7 Å². The van der Waals surface area contributed by atoms with Crippen LogP contribution in [0.1, 0.15) is 11.9 Å². The molecule has 9 heteroatoms. The van der Waals surface area contributed by atoms with Crippen LogP contribution in [0.2, 0.25) is 0 Å². The fourth-order valence-corrected chi connectivity index (χ4v) is 1.37. The average molecular weight is 268 g/mol. The van der Waals surface area contributed by atoms with Gasteiger partial charge in [-0.05, 0) is 6.07 Å². The number of benzene rings is 1. The maximum Gasteiger partial charge on any atom is 0.272 e. The van der Waals surface area contributed by atoms with Crippen LogP contribution in [0.4, 0.5) is 10.1 Å². The summed E-state index contributed by atoms with van der Waals surface area (Å²) >= 11 is 0. The minimum Gasteiger partial charge on any atom is -0.394 e. The van der Waals surface area contributed by atoms with Crippen molar-refractivity contribution in [2.24, 2.45) is 5.73 Å². The normalized spacial score (nSPS) is 12.4.